The van der Waals surface area contributed by atoms with Crippen LogP contribution in [0.2, 0.25) is 0 Å². The van der Waals surface area contributed by atoms with Crippen LogP contribution in [-0.2, 0) is 9.53 Å². The molecule has 1 N–H and O–H groups in total. The van der Waals surface area contributed by atoms with Gasteiger partial charge in [-0.05, 0) is 19.1 Å². The lowest BCUT2D eigenvalue weighted by molar-refractivity contribution is -0.134. The van der Waals surface area contributed by atoms with Crippen molar-refractivity contribution in [3.05, 3.63) is 42.1 Å². The second-order valence-corrected chi connectivity index (χ2v) is 3.18. The van der Waals surface area contributed by atoms with E-state index in [1.54, 1.807) is 31.2 Å². The maximum Gasteiger partial charge on any atom is 0.416 e. The van der Waals surface area contributed by atoms with Gasteiger partial charge in [0.05, 0.1) is 7.11 Å². The lowest BCUT2D eigenvalue weighted by Crippen LogP contribution is -2.25. The van der Waals surface area contributed by atoms with Gasteiger partial charge in [-0.3, -0.25) is 5.32 Å². The molecule has 1 rings (SSSR count). The molecule has 0 aliphatic heterocycles. The molecule has 1 aromatic rings. The number of rotatable bonds is 3. The Bertz CT molecular complexity index is 425. The number of nitrogens with one attached hydrogen (secondary N) is 1. The van der Waals surface area contributed by atoms with Crippen molar-refractivity contribution in [1.29, 1.82) is 0 Å². The van der Waals surface area contributed by atoms with E-state index in [4.69, 9.17) is 4.74 Å². The molecule has 0 spiro atoms. The van der Waals surface area contributed by atoms with E-state index < -0.39 is 12.1 Å². The number of esters is 1. The summed E-state index contributed by atoms with van der Waals surface area (Å²) in [5.74, 6) is -0.113. The Balaban J connectivity index is 2.50. The van der Waals surface area contributed by atoms with Crippen molar-refractivity contribution in [3.63, 3.8) is 0 Å². The molecule has 0 atom stereocenters. The second kappa shape index (κ2) is 6.32. The van der Waals surface area contributed by atoms with Crippen molar-refractivity contribution in [3.8, 4) is 5.75 Å². The van der Waals surface area contributed by atoms with Gasteiger partial charge >= 0.3 is 12.1 Å². The Labute approximate surface area is 99.0 Å². The molecule has 0 aliphatic rings. The van der Waals surface area contributed by atoms with Gasteiger partial charge in [0.1, 0.15) is 5.75 Å². The summed E-state index contributed by atoms with van der Waals surface area (Å²) in [5.41, 5.74) is 0.345. The average molecular weight is 235 g/mol. The highest BCUT2D eigenvalue weighted by molar-refractivity contribution is 5.83. The summed E-state index contributed by atoms with van der Waals surface area (Å²) in [6.07, 6.45) is 0.501. The van der Waals surface area contributed by atoms with Gasteiger partial charge in [0.25, 0.3) is 0 Å². The van der Waals surface area contributed by atoms with Gasteiger partial charge in [0.15, 0.2) is 0 Å². The molecule has 17 heavy (non-hydrogen) atoms. The molecule has 0 aromatic heterocycles. The lowest BCUT2D eigenvalue weighted by atomic mass is 10.3. The van der Waals surface area contributed by atoms with Crippen LogP contribution in [0.4, 0.5) is 4.79 Å². The lowest BCUT2D eigenvalue weighted by Gasteiger charge is -2.06. The molecule has 0 heterocycles. The van der Waals surface area contributed by atoms with Crippen molar-refractivity contribution in [1.82, 2.24) is 5.32 Å². The molecule has 0 radical (unpaired) electrons. The molecule has 0 aliphatic carbocycles. The molecule has 0 saturated heterocycles. The predicted octanol–water partition coefficient (Wildman–Crippen LogP) is 1.85. The molecule has 0 bridgehead atoms. The van der Waals surface area contributed by atoms with E-state index in [1.165, 1.54) is 7.11 Å². The smallest absolute Gasteiger partial charge is 0.416 e. The topological polar surface area (TPSA) is 64.6 Å². The fraction of sp³-hybridized carbons (Fsp3) is 0.167. The van der Waals surface area contributed by atoms with Crippen LogP contribution in [0, 0.1) is 0 Å². The monoisotopic (exact) mass is 235 g/mol. The SMILES string of the molecule is COC(=O)/C=C(\C)NC(=O)Oc1ccccc1. The van der Waals surface area contributed by atoms with Crippen LogP contribution >= 0.6 is 0 Å². The van der Waals surface area contributed by atoms with Crippen LogP contribution in [-0.4, -0.2) is 19.2 Å². The van der Waals surface area contributed by atoms with Crippen molar-refractivity contribution in [2.45, 2.75) is 6.92 Å². The van der Waals surface area contributed by atoms with Crippen molar-refractivity contribution in [2.24, 2.45) is 0 Å². The number of allylic oxidation sites excluding steroid dienone is 1. The molecule has 1 amide bonds. The first kappa shape index (κ1) is 12.8. The van der Waals surface area contributed by atoms with Gasteiger partial charge in [0, 0.05) is 11.8 Å². The van der Waals surface area contributed by atoms with E-state index in [0.717, 1.165) is 6.08 Å². The standard InChI is InChI=1S/C12H13NO4/c1-9(8-11(14)16-2)13-12(15)17-10-6-4-3-5-7-10/h3-8H,1-2H3,(H,13,15)/b9-8+. The van der Waals surface area contributed by atoms with Crippen LogP contribution < -0.4 is 10.1 Å². The van der Waals surface area contributed by atoms with E-state index in [0.29, 0.717) is 11.4 Å². The summed E-state index contributed by atoms with van der Waals surface area (Å²) in [4.78, 5) is 22.2. The normalized spacial score (nSPS) is 10.6. The van der Waals surface area contributed by atoms with Gasteiger partial charge in [-0.2, -0.15) is 0 Å². The molecule has 0 fully saturated rings. The van der Waals surface area contributed by atoms with Crippen LogP contribution in [0.15, 0.2) is 42.1 Å². The Hall–Kier alpha value is -2.30. The summed E-state index contributed by atoms with van der Waals surface area (Å²) in [6, 6.07) is 8.62. The van der Waals surface area contributed by atoms with Crippen LogP contribution in [0.3, 0.4) is 0 Å². The highest BCUT2D eigenvalue weighted by atomic mass is 16.6. The van der Waals surface area contributed by atoms with Gasteiger partial charge in [-0.15, -0.1) is 0 Å². The van der Waals surface area contributed by atoms with E-state index >= 15 is 0 Å². The number of ether oxygens (including phenoxy) is 2. The van der Waals surface area contributed by atoms with E-state index in [9.17, 15) is 9.59 Å². The highest BCUT2D eigenvalue weighted by Gasteiger charge is 2.05. The zero-order valence-corrected chi connectivity index (χ0v) is 9.60. The third kappa shape index (κ3) is 4.83. The second-order valence-electron chi connectivity index (χ2n) is 3.18. The number of benzene rings is 1. The molecule has 0 unspecified atom stereocenters. The summed E-state index contributed by atoms with van der Waals surface area (Å²) in [5, 5.41) is 2.39. The first-order chi connectivity index (χ1) is 8.11. The molecule has 1 aromatic carbocycles. The number of methoxy groups -OCH3 is 1. The van der Waals surface area contributed by atoms with Crippen LogP contribution in [0.1, 0.15) is 6.92 Å². The summed E-state index contributed by atoms with van der Waals surface area (Å²) >= 11 is 0. The van der Waals surface area contributed by atoms with Crippen LogP contribution in [0.25, 0.3) is 0 Å². The molecular weight excluding hydrogens is 222 g/mol. The number of hydrogen-bond donors (Lipinski definition) is 1. The minimum Gasteiger partial charge on any atom is -0.466 e. The highest BCUT2D eigenvalue weighted by Crippen LogP contribution is 2.08. The Morgan fingerprint density at radius 2 is 1.88 bits per heavy atom. The number of hydrogen-bond acceptors (Lipinski definition) is 4. The Morgan fingerprint density at radius 3 is 2.47 bits per heavy atom. The predicted molar refractivity (Wildman–Crippen MR) is 61.4 cm³/mol. The molecular formula is C12H13NO4. The first-order valence-electron chi connectivity index (χ1n) is 4.92. The number of amides is 1. The van der Waals surface area contributed by atoms with E-state index in [1.807, 2.05) is 6.07 Å². The van der Waals surface area contributed by atoms with Crippen molar-refractivity contribution >= 4 is 12.1 Å². The van der Waals surface area contributed by atoms with Crippen LogP contribution in [0.5, 0.6) is 5.75 Å². The van der Waals surface area contributed by atoms with Crippen molar-refractivity contribution < 1.29 is 19.1 Å². The minimum absolute atomic E-state index is 0.345. The fourth-order valence-electron chi connectivity index (χ4n) is 1.05. The minimum atomic E-state index is -0.658. The summed E-state index contributed by atoms with van der Waals surface area (Å²) in [7, 11) is 1.26. The Morgan fingerprint density at radius 1 is 1.24 bits per heavy atom. The zero-order valence-electron chi connectivity index (χ0n) is 9.60. The zero-order chi connectivity index (χ0) is 12.7. The average Bonchev–Trinajstić information content (AvgIpc) is 2.29. The molecule has 90 valence electrons. The van der Waals surface area contributed by atoms with Gasteiger partial charge in [0.2, 0.25) is 0 Å². The quantitative estimate of drug-likeness (QED) is 0.641. The largest absolute Gasteiger partial charge is 0.466 e. The molecule has 5 heteroatoms. The number of carbonyl (C=O) groups excluding carboxylic acids is 2. The maximum atomic E-state index is 11.4. The Kier molecular flexibility index (Phi) is 4.75. The van der Waals surface area contributed by atoms with Gasteiger partial charge in [-0.25, -0.2) is 9.59 Å². The number of para-hydroxylation sites is 1. The third-order valence-electron chi connectivity index (χ3n) is 1.79. The molecule has 0 saturated carbocycles. The summed E-state index contributed by atoms with van der Waals surface area (Å²) in [6.45, 7) is 1.56. The number of carbonyl (C=O) groups is 2. The van der Waals surface area contributed by atoms with Gasteiger partial charge in [-0.1, -0.05) is 18.2 Å². The summed E-state index contributed by atoms with van der Waals surface area (Å²) < 4.78 is 9.37. The van der Waals surface area contributed by atoms with Gasteiger partial charge < -0.3 is 9.47 Å². The molecule has 5 nitrogen and oxygen atoms in total. The third-order valence-corrected chi connectivity index (χ3v) is 1.79. The van der Waals surface area contributed by atoms with Crippen molar-refractivity contribution in [2.75, 3.05) is 7.11 Å². The first-order valence-corrected chi connectivity index (χ1v) is 4.92. The maximum absolute atomic E-state index is 11.4. The fourth-order valence-corrected chi connectivity index (χ4v) is 1.05. The van der Waals surface area contributed by atoms with E-state index in [-0.39, 0.29) is 0 Å². The van der Waals surface area contributed by atoms with E-state index in [2.05, 4.69) is 10.1 Å².